The molecule has 0 spiro atoms. The van der Waals surface area contributed by atoms with Gasteiger partial charge in [0.15, 0.2) is 0 Å². The van der Waals surface area contributed by atoms with E-state index in [1.54, 1.807) is 25.5 Å². The minimum atomic E-state index is -0.476. The molecule has 0 saturated carbocycles. The Morgan fingerprint density at radius 2 is 1.87 bits per heavy atom. The van der Waals surface area contributed by atoms with Gasteiger partial charge in [0.2, 0.25) is 0 Å². The van der Waals surface area contributed by atoms with E-state index in [4.69, 9.17) is 0 Å². The van der Waals surface area contributed by atoms with E-state index >= 15 is 0 Å². The second-order valence-electron chi connectivity index (χ2n) is 8.57. The van der Waals surface area contributed by atoms with Crippen molar-refractivity contribution >= 4 is 28.4 Å². The van der Waals surface area contributed by atoms with Gasteiger partial charge in [-0.05, 0) is 48.1 Å². The maximum Gasteiger partial charge on any atom is 0.319 e. The zero-order chi connectivity index (χ0) is 21.9. The van der Waals surface area contributed by atoms with Crippen molar-refractivity contribution in [1.29, 1.82) is 0 Å². The number of carbonyl (C=O) groups is 1. The molecule has 0 radical (unpaired) electrons. The fourth-order valence-electron chi connectivity index (χ4n) is 3.10. The number of pyridine rings is 2. The molecule has 0 fully saturated rings. The quantitative estimate of drug-likeness (QED) is 0.531. The van der Waals surface area contributed by atoms with Gasteiger partial charge in [0.25, 0.3) is 0 Å². The average molecular weight is 410 g/mol. The van der Waals surface area contributed by atoms with Crippen molar-refractivity contribution in [3.05, 3.63) is 48.0 Å². The Balaban J connectivity index is 1.84. The first kappa shape index (κ1) is 21.5. The molecule has 7 heteroatoms. The summed E-state index contributed by atoms with van der Waals surface area (Å²) in [7, 11) is 1.80. The van der Waals surface area contributed by atoms with Gasteiger partial charge in [0.1, 0.15) is 11.6 Å². The predicted molar refractivity (Wildman–Crippen MR) is 120 cm³/mol. The van der Waals surface area contributed by atoms with Crippen molar-refractivity contribution in [2.45, 2.75) is 34.1 Å². The van der Waals surface area contributed by atoms with Crippen molar-refractivity contribution in [2.24, 2.45) is 5.41 Å². The maximum absolute atomic E-state index is 14.5. The maximum atomic E-state index is 14.5. The number of rotatable bonds is 5. The standard InChI is InChI=1S/C23H28FN5O/c1-14-8-18(24)20(29-22(30)26-7-6-23(2,3)4)10-17(14)15-9-16-13-28-21(25-5)11-19(16)27-12-15/h8-13H,6-7H2,1-5H3,(H,25,28)(H2,26,29,30). The number of nitrogens with zero attached hydrogens (tertiary/aromatic N) is 2. The molecule has 0 aliphatic rings. The third kappa shape index (κ3) is 5.23. The van der Waals surface area contributed by atoms with E-state index in [2.05, 4.69) is 46.7 Å². The summed E-state index contributed by atoms with van der Waals surface area (Å²) >= 11 is 0. The number of halogens is 1. The van der Waals surface area contributed by atoms with E-state index in [9.17, 15) is 9.18 Å². The van der Waals surface area contributed by atoms with Crippen LogP contribution < -0.4 is 16.0 Å². The number of urea groups is 1. The first-order valence-electron chi connectivity index (χ1n) is 9.95. The van der Waals surface area contributed by atoms with E-state index in [1.807, 2.05) is 19.1 Å². The van der Waals surface area contributed by atoms with Gasteiger partial charge >= 0.3 is 6.03 Å². The molecule has 3 aromatic rings. The largest absolute Gasteiger partial charge is 0.373 e. The van der Waals surface area contributed by atoms with E-state index in [1.165, 1.54) is 6.07 Å². The molecule has 0 unspecified atom stereocenters. The summed E-state index contributed by atoms with van der Waals surface area (Å²) in [5, 5.41) is 9.27. The number of benzene rings is 1. The van der Waals surface area contributed by atoms with E-state index in [0.29, 0.717) is 6.54 Å². The molecule has 2 aromatic heterocycles. The number of aromatic nitrogens is 2. The molecule has 0 aliphatic heterocycles. The van der Waals surface area contributed by atoms with Crippen LogP contribution in [0.15, 0.2) is 36.7 Å². The molecule has 158 valence electrons. The molecular weight excluding hydrogens is 381 g/mol. The van der Waals surface area contributed by atoms with Gasteiger partial charge in [-0.25, -0.2) is 14.2 Å². The van der Waals surface area contributed by atoms with Gasteiger partial charge < -0.3 is 16.0 Å². The zero-order valence-corrected chi connectivity index (χ0v) is 18.1. The molecule has 0 saturated heterocycles. The molecule has 0 bridgehead atoms. The first-order valence-corrected chi connectivity index (χ1v) is 9.95. The Bertz CT molecular complexity index is 1080. The minimum Gasteiger partial charge on any atom is -0.373 e. The van der Waals surface area contributed by atoms with Crippen LogP contribution in [0.3, 0.4) is 0 Å². The van der Waals surface area contributed by atoms with Crippen LogP contribution in [-0.2, 0) is 0 Å². The predicted octanol–water partition coefficient (Wildman–Crippen LogP) is 5.34. The molecule has 6 nitrogen and oxygen atoms in total. The Labute approximate surface area is 176 Å². The summed E-state index contributed by atoms with van der Waals surface area (Å²) in [6, 6.07) is 6.47. The van der Waals surface area contributed by atoms with Crippen molar-refractivity contribution in [2.75, 3.05) is 24.2 Å². The first-order chi connectivity index (χ1) is 14.2. The lowest BCUT2D eigenvalue weighted by atomic mass is 9.92. The number of aryl methyl sites for hydroxylation is 1. The second-order valence-corrected chi connectivity index (χ2v) is 8.57. The Morgan fingerprint density at radius 1 is 1.10 bits per heavy atom. The summed E-state index contributed by atoms with van der Waals surface area (Å²) in [6.07, 6.45) is 4.32. The van der Waals surface area contributed by atoms with Crippen molar-refractivity contribution in [3.63, 3.8) is 0 Å². The zero-order valence-electron chi connectivity index (χ0n) is 18.1. The van der Waals surface area contributed by atoms with Gasteiger partial charge in [-0.1, -0.05) is 20.8 Å². The molecule has 3 rings (SSSR count). The van der Waals surface area contributed by atoms with Crippen LogP contribution in [-0.4, -0.2) is 29.6 Å². The molecule has 0 atom stereocenters. The number of anilines is 2. The van der Waals surface area contributed by atoms with Gasteiger partial charge in [-0.15, -0.1) is 0 Å². The number of amides is 2. The van der Waals surface area contributed by atoms with E-state index in [-0.39, 0.29) is 11.1 Å². The lowest BCUT2D eigenvalue weighted by molar-refractivity contribution is 0.250. The van der Waals surface area contributed by atoms with Crippen LogP contribution in [0.2, 0.25) is 0 Å². The summed E-state index contributed by atoms with van der Waals surface area (Å²) in [5.41, 5.74) is 3.44. The van der Waals surface area contributed by atoms with Gasteiger partial charge in [0, 0.05) is 43.0 Å². The summed E-state index contributed by atoms with van der Waals surface area (Å²) in [4.78, 5) is 21.0. The summed E-state index contributed by atoms with van der Waals surface area (Å²) < 4.78 is 14.5. The highest BCUT2D eigenvalue weighted by atomic mass is 19.1. The lowest BCUT2D eigenvalue weighted by Gasteiger charge is -2.18. The highest BCUT2D eigenvalue weighted by molar-refractivity contribution is 5.91. The number of carbonyl (C=O) groups excluding carboxylic acids is 1. The highest BCUT2D eigenvalue weighted by Gasteiger charge is 2.14. The van der Waals surface area contributed by atoms with Crippen molar-refractivity contribution < 1.29 is 9.18 Å². The molecule has 2 amide bonds. The number of fused-ring (bicyclic) bond motifs is 1. The Morgan fingerprint density at radius 3 is 2.57 bits per heavy atom. The molecule has 2 heterocycles. The van der Waals surface area contributed by atoms with Crippen LogP contribution in [0.25, 0.3) is 22.0 Å². The fourth-order valence-corrected chi connectivity index (χ4v) is 3.10. The van der Waals surface area contributed by atoms with E-state index in [0.717, 1.165) is 39.8 Å². The Hall–Kier alpha value is -3.22. The third-order valence-electron chi connectivity index (χ3n) is 4.86. The van der Waals surface area contributed by atoms with Crippen molar-refractivity contribution in [1.82, 2.24) is 15.3 Å². The fraction of sp³-hybridized carbons (Fsp3) is 0.348. The van der Waals surface area contributed by atoms with Crippen LogP contribution in [0.5, 0.6) is 0 Å². The normalized spacial score (nSPS) is 11.4. The van der Waals surface area contributed by atoms with Gasteiger partial charge in [-0.3, -0.25) is 4.98 Å². The molecule has 3 N–H and O–H groups in total. The molecule has 30 heavy (non-hydrogen) atoms. The van der Waals surface area contributed by atoms with Crippen LogP contribution >= 0.6 is 0 Å². The molecule has 1 aromatic carbocycles. The number of nitrogens with one attached hydrogen (secondary N) is 3. The smallest absolute Gasteiger partial charge is 0.319 e. The monoisotopic (exact) mass is 409 g/mol. The van der Waals surface area contributed by atoms with Crippen molar-refractivity contribution in [3.8, 4) is 11.1 Å². The summed E-state index contributed by atoms with van der Waals surface area (Å²) in [6.45, 7) is 8.66. The minimum absolute atomic E-state index is 0.113. The van der Waals surface area contributed by atoms with Crippen LogP contribution in [0, 0.1) is 18.2 Å². The SMILES string of the molecule is CNc1cc2ncc(-c3cc(NC(=O)NCCC(C)(C)C)c(F)cc3C)cc2cn1. The molecule has 0 aliphatic carbocycles. The van der Waals surface area contributed by atoms with E-state index < -0.39 is 11.8 Å². The lowest BCUT2D eigenvalue weighted by Crippen LogP contribution is -2.31. The van der Waals surface area contributed by atoms with Gasteiger partial charge in [0.05, 0.1) is 11.2 Å². The third-order valence-corrected chi connectivity index (χ3v) is 4.86. The second kappa shape index (κ2) is 8.65. The Kier molecular flexibility index (Phi) is 6.20. The number of hydrogen-bond donors (Lipinski definition) is 3. The van der Waals surface area contributed by atoms with Crippen LogP contribution in [0.1, 0.15) is 32.8 Å². The van der Waals surface area contributed by atoms with Gasteiger partial charge in [-0.2, -0.15) is 0 Å². The average Bonchev–Trinajstić information content (AvgIpc) is 2.68. The van der Waals surface area contributed by atoms with Crippen LogP contribution in [0.4, 0.5) is 20.7 Å². The molecular formula is C23H28FN5O. The summed E-state index contributed by atoms with van der Waals surface area (Å²) in [5.74, 6) is 0.265. The highest BCUT2D eigenvalue weighted by Crippen LogP contribution is 2.30. The topological polar surface area (TPSA) is 78.9 Å². The number of hydrogen-bond acceptors (Lipinski definition) is 4.